The van der Waals surface area contributed by atoms with Crippen LogP contribution >= 0.6 is 12.2 Å². The third-order valence-electron chi connectivity index (χ3n) is 4.58. The Kier molecular flexibility index (Phi) is 4.09. The number of anilines is 1. The molecule has 1 aliphatic heterocycles. The Hall–Kier alpha value is -2.54. The largest absolute Gasteiger partial charge is 0.342 e. The van der Waals surface area contributed by atoms with E-state index in [1.54, 1.807) is 10.9 Å². The van der Waals surface area contributed by atoms with E-state index in [0.717, 1.165) is 37.2 Å². The van der Waals surface area contributed by atoms with Gasteiger partial charge in [0, 0.05) is 18.8 Å². The fraction of sp³-hybridized carbons (Fsp3) is 0.333. The minimum absolute atomic E-state index is 0.232. The van der Waals surface area contributed by atoms with Crippen LogP contribution in [0.5, 0.6) is 0 Å². The number of hydrogen-bond acceptors (Lipinski definition) is 5. The number of aromatic nitrogens is 4. The summed E-state index contributed by atoms with van der Waals surface area (Å²) in [5, 5.41) is 0.360. The molecule has 0 atom stereocenters. The second-order valence-electron chi connectivity index (χ2n) is 6.39. The van der Waals surface area contributed by atoms with Crippen molar-refractivity contribution in [1.82, 2.24) is 19.5 Å². The first-order valence-corrected chi connectivity index (χ1v) is 8.88. The van der Waals surface area contributed by atoms with Gasteiger partial charge in [-0.2, -0.15) is 4.98 Å². The molecular formula is C18H19N5OS. The maximum Gasteiger partial charge on any atom is 0.264 e. The molecule has 1 N–H and O–H groups in total. The maximum atomic E-state index is 12.7. The van der Waals surface area contributed by atoms with Gasteiger partial charge in [-0.1, -0.05) is 29.9 Å². The molecule has 1 saturated heterocycles. The van der Waals surface area contributed by atoms with Crippen molar-refractivity contribution >= 4 is 29.2 Å². The van der Waals surface area contributed by atoms with Gasteiger partial charge in [-0.3, -0.25) is 14.3 Å². The van der Waals surface area contributed by atoms with E-state index in [4.69, 9.17) is 12.2 Å². The molecule has 1 fully saturated rings. The molecule has 4 rings (SSSR count). The molecule has 128 valence electrons. The van der Waals surface area contributed by atoms with Gasteiger partial charge in [-0.15, -0.1) is 0 Å². The van der Waals surface area contributed by atoms with Gasteiger partial charge >= 0.3 is 0 Å². The Labute approximate surface area is 150 Å². The number of piperidine rings is 1. The summed E-state index contributed by atoms with van der Waals surface area (Å²) in [6, 6.07) is 7.93. The standard InChI is InChI=1S/C18H19N5OS/c1-12-5-7-13(8-6-12)23-11-19-15-14(17(23)25)16(24)21-18(20-15)22-9-3-2-4-10-22/h5-8,11H,2-4,9-10H2,1H3,(H,20,21,24). The summed E-state index contributed by atoms with van der Waals surface area (Å²) in [5.41, 5.74) is 2.21. The molecule has 0 bridgehead atoms. The number of nitrogens with zero attached hydrogens (tertiary/aromatic N) is 4. The second-order valence-corrected chi connectivity index (χ2v) is 6.78. The summed E-state index contributed by atoms with van der Waals surface area (Å²) in [7, 11) is 0. The van der Waals surface area contributed by atoms with Crippen LogP contribution in [-0.2, 0) is 0 Å². The topological polar surface area (TPSA) is 66.8 Å². The minimum Gasteiger partial charge on any atom is -0.342 e. The number of benzene rings is 1. The zero-order chi connectivity index (χ0) is 17.4. The molecule has 25 heavy (non-hydrogen) atoms. The third kappa shape index (κ3) is 2.95. The van der Waals surface area contributed by atoms with Gasteiger partial charge in [0.2, 0.25) is 5.95 Å². The lowest BCUT2D eigenvalue weighted by atomic mass is 10.1. The van der Waals surface area contributed by atoms with Gasteiger partial charge in [-0.25, -0.2) is 4.98 Å². The van der Waals surface area contributed by atoms with Crippen LogP contribution in [0.25, 0.3) is 16.7 Å². The number of H-pyrrole nitrogens is 1. The number of fused-ring (bicyclic) bond motifs is 1. The van der Waals surface area contributed by atoms with E-state index in [1.165, 1.54) is 6.42 Å². The Balaban J connectivity index is 1.84. The molecule has 6 nitrogen and oxygen atoms in total. The molecule has 1 aromatic carbocycles. The molecule has 0 saturated carbocycles. The number of rotatable bonds is 2. The Morgan fingerprint density at radius 1 is 1.12 bits per heavy atom. The first-order valence-electron chi connectivity index (χ1n) is 8.47. The van der Waals surface area contributed by atoms with E-state index in [0.29, 0.717) is 21.6 Å². The smallest absolute Gasteiger partial charge is 0.264 e. The van der Waals surface area contributed by atoms with Gasteiger partial charge < -0.3 is 4.90 Å². The Morgan fingerprint density at radius 3 is 2.56 bits per heavy atom. The second kappa shape index (κ2) is 6.40. The number of aryl methyl sites for hydroxylation is 1. The van der Waals surface area contributed by atoms with Gasteiger partial charge in [0.05, 0.1) is 0 Å². The van der Waals surface area contributed by atoms with Crippen LogP contribution in [0.3, 0.4) is 0 Å². The van der Waals surface area contributed by atoms with E-state index >= 15 is 0 Å². The summed E-state index contributed by atoms with van der Waals surface area (Å²) in [6.07, 6.45) is 5.09. The molecule has 0 unspecified atom stereocenters. The average molecular weight is 353 g/mol. The molecule has 1 aliphatic rings. The predicted octanol–water partition coefficient (Wildman–Crippen LogP) is 3.14. The van der Waals surface area contributed by atoms with Crippen molar-refractivity contribution in [2.45, 2.75) is 26.2 Å². The van der Waals surface area contributed by atoms with E-state index in [9.17, 15) is 4.79 Å². The highest BCUT2D eigenvalue weighted by atomic mass is 32.1. The van der Waals surface area contributed by atoms with E-state index < -0.39 is 0 Å². The van der Waals surface area contributed by atoms with Crippen LogP contribution in [0, 0.1) is 11.6 Å². The SMILES string of the molecule is Cc1ccc(-n2cnc3nc(N4CCCCC4)[nH]c(=O)c3c2=S)cc1. The lowest BCUT2D eigenvalue weighted by molar-refractivity contribution is 0.568. The molecule has 0 aliphatic carbocycles. The van der Waals surface area contributed by atoms with Crippen molar-refractivity contribution in [2.24, 2.45) is 0 Å². The predicted molar refractivity (Wildman–Crippen MR) is 101 cm³/mol. The van der Waals surface area contributed by atoms with Crippen molar-refractivity contribution < 1.29 is 0 Å². The van der Waals surface area contributed by atoms with Crippen LogP contribution < -0.4 is 10.5 Å². The highest BCUT2D eigenvalue weighted by Gasteiger charge is 2.16. The van der Waals surface area contributed by atoms with E-state index in [2.05, 4.69) is 19.9 Å². The summed E-state index contributed by atoms with van der Waals surface area (Å²) in [5.74, 6) is 0.590. The summed E-state index contributed by atoms with van der Waals surface area (Å²) in [4.78, 5) is 26.6. The zero-order valence-electron chi connectivity index (χ0n) is 14.0. The Bertz CT molecular complexity index is 1030. The van der Waals surface area contributed by atoms with Crippen molar-refractivity contribution in [1.29, 1.82) is 0 Å². The monoisotopic (exact) mass is 353 g/mol. The van der Waals surface area contributed by atoms with Crippen LogP contribution in [0.2, 0.25) is 0 Å². The van der Waals surface area contributed by atoms with Gasteiger partial charge in [-0.05, 0) is 38.3 Å². The van der Waals surface area contributed by atoms with Gasteiger partial charge in [0.1, 0.15) is 16.4 Å². The summed E-state index contributed by atoms with van der Waals surface area (Å²) >= 11 is 5.55. The fourth-order valence-electron chi connectivity index (χ4n) is 3.17. The van der Waals surface area contributed by atoms with E-state index in [-0.39, 0.29) is 5.56 Å². The minimum atomic E-state index is -0.232. The summed E-state index contributed by atoms with van der Waals surface area (Å²) < 4.78 is 2.17. The quantitative estimate of drug-likeness (QED) is 0.717. The molecule has 2 aromatic heterocycles. The van der Waals surface area contributed by atoms with Crippen molar-refractivity contribution in [3.8, 4) is 5.69 Å². The highest BCUT2D eigenvalue weighted by Crippen LogP contribution is 2.18. The van der Waals surface area contributed by atoms with Crippen LogP contribution in [0.4, 0.5) is 5.95 Å². The van der Waals surface area contributed by atoms with Crippen molar-refractivity contribution in [3.05, 3.63) is 51.2 Å². The fourth-order valence-corrected chi connectivity index (χ4v) is 3.50. The molecule has 0 radical (unpaired) electrons. The molecule has 0 spiro atoms. The average Bonchev–Trinajstić information content (AvgIpc) is 2.63. The summed E-state index contributed by atoms with van der Waals surface area (Å²) in [6.45, 7) is 3.84. The number of hydrogen-bond donors (Lipinski definition) is 1. The first kappa shape index (κ1) is 16.0. The molecule has 3 heterocycles. The molecule has 3 aromatic rings. The lowest BCUT2D eigenvalue weighted by Gasteiger charge is -2.26. The lowest BCUT2D eigenvalue weighted by Crippen LogP contribution is -2.32. The van der Waals surface area contributed by atoms with Crippen LogP contribution in [-0.4, -0.2) is 32.6 Å². The maximum absolute atomic E-state index is 12.7. The van der Waals surface area contributed by atoms with E-state index in [1.807, 2.05) is 31.2 Å². The highest BCUT2D eigenvalue weighted by molar-refractivity contribution is 7.71. The van der Waals surface area contributed by atoms with Crippen molar-refractivity contribution in [2.75, 3.05) is 18.0 Å². The first-order chi connectivity index (χ1) is 12.1. The van der Waals surface area contributed by atoms with Gasteiger partial charge in [0.25, 0.3) is 5.56 Å². The van der Waals surface area contributed by atoms with Crippen LogP contribution in [0.15, 0.2) is 35.4 Å². The third-order valence-corrected chi connectivity index (χ3v) is 4.98. The number of nitrogens with one attached hydrogen (secondary N) is 1. The zero-order valence-corrected chi connectivity index (χ0v) is 14.8. The normalized spacial score (nSPS) is 14.8. The van der Waals surface area contributed by atoms with Crippen molar-refractivity contribution in [3.63, 3.8) is 0 Å². The number of aromatic amines is 1. The molecule has 0 amide bonds. The van der Waals surface area contributed by atoms with Gasteiger partial charge in [0.15, 0.2) is 5.65 Å². The Morgan fingerprint density at radius 2 is 1.84 bits per heavy atom. The molecular weight excluding hydrogens is 334 g/mol. The molecule has 7 heteroatoms. The van der Waals surface area contributed by atoms with Crippen LogP contribution in [0.1, 0.15) is 24.8 Å².